The van der Waals surface area contributed by atoms with Crippen molar-refractivity contribution in [2.24, 2.45) is 5.73 Å². The van der Waals surface area contributed by atoms with E-state index in [1.165, 1.54) is 6.07 Å². The highest BCUT2D eigenvalue weighted by Crippen LogP contribution is 2.18. The van der Waals surface area contributed by atoms with Gasteiger partial charge in [-0.1, -0.05) is 17.7 Å². The minimum atomic E-state index is -0.153. The zero-order valence-electron chi connectivity index (χ0n) is 7.38. The van der Waals surface area contributed by atoms with Crippen LogP contribution in [0.1, 0.15) is 5.56 Å². The molecular formula is C10H9ClN2O. The van der Waals surface area contributed by atoms with Crippen molar-refractivity contribution in [1.82, 2.24) is 4.98 Å². The van der Waals surface area contributed by atoms with Gasteiger partial charge in [-0.25, -0.2) is 0 Å². The number of aromatic nitrogens is 1. The van der Waals surface area contributed by atoms with Crippen LogP contribution < -0.4 is 11.3 Å². The van der Waals surface area contributed by atoms with Gasteiger partial charge in [0.15, 0.2) is 0 Å². The van der Waals surface area contributed by atoms with Gasteiger partial charge in [-0.2, -0.15) is 0 Å². The first-order valence-electron chi connectivity index (χ1n) is 4.22. The molecule has 2 rings (SSSR count). The van der Waals surface area contributed by atoms with Crippen LogP contribution in [0.2, 0.25) is 5.02 Å². The van der Waals surface area contributed by atoms with Gasteiger partial charge in [-0.3, -0.25) is 4.79 Å². The first-order valence-corrected chi connectivity index (χ1v) is 4.60. The van der Waals surface area contributed by atoms with Crippen LogP contribution in [0.15, 0.2) is 29.1 Å². The van der Waals surface area contributed by atoms with E-state index in [1.54, 1.807) is 12.1 Å². The second-order valence-electron chi connectivity index (χ2n) is 3.05. The summed E-state index contributed by atoms with van der Waals surface area (Å²) in [5.41, 5.74) is 6.95. The summed E-state index contributed by atoms with van der Waals surface area (Å²) in [6, 6.07) is 6.87. The summed E-state index contributed by atoms with van der Waals surface area (Å²) in [4.78, 5) is 13.9. The van der Waals surface area contributed by atoms with Crippen LogP contribution >= 0.6 is 11.6 Å². The molecule has 0 saturated heterocycles. The number of nitrogens with two attached hydrogens (primary N) is 1. The van der Waals surface area contributed by atoms with E-state index in [0.29, 0.717) is 11.6 Å². The average Bonchev–Trinajstić information content (AvgIpc) is 2.15. The van der Waals surface area contributed by atoms with E-state index in [4.69, 9.17) is 17.3 Å². The lowest BCUT2D eigenvalue weighted by Crippen LogP contribution is -2.09. The molecule has 0 amide bonds. The molecule has 0 saturated carbocycles. The minimum absolute atomic E-state index is 0.153. The fourth-order valence-electron chi connectivity index (χ4n) is 1.47. The number of halogens is 1. The molecule has 1 heterocycles. The number of benzene rings is 1. The number of H-pyrrole nitrogens is 1. The zero-order chi connectivity index (χ0) is 10.1. The molecule has 0 spiro atoms. The highest BCUT2D eigenvalue weighted by atomic mass is 35.5. The number of fused-ring (bicyclic) bond motifs is 1. The second-order valence-corrected chi connectivity index (χ2v) is 3.49. The van der Waals surface area contributed by atoms with Crippen LogP contribution in [-0.4, -0.2) is 4.98 Å². The molecule has 0 fully saturated rings. The van der Waals surface area contributed by atoms with Crippen molar-refractivity contribution in [3.05, 3.63) is 45.2 Å². The lowest BCUT2D eigenvalue weighted by Gasteiger charge is -2.03. The monoisotopic (exact) mass is 208 g/mol. The van der Waals surface area contributed by atoms with Gasteiger partial charge >= 0.3 is 0 Å². The fraction of sp³-hybridized carbons (Fsp3) is 0.100. The van der Waals surface area contributed by atoms with Gasteiger partial charge in [-0.15, -0.1) is 0 Å². The maximum absolute atomic E-state index is 11.2. The molecular weight excluding hydrogens is 200 g/mol. The molecule has 0 aliphatic heterocycles. The van der Waals surface area contributed by atoms with Crippen molar-refractivity contribution in [2.75, 3.05) is 0 Å². The van der Waals surface area contributed by atoms with Crippen LogP contribution in [0.5, 0.6) is 0 Å². The third kappa shape index (κ3) is 1.52. The molecule has 0 unspecified atom stereocenters. The fourth-order valence-corrected chi connectivity index (χ4v) is 1.65. The van der Waals surface area contributed by atoms with Crippen molar-refractivity contribution in [2.45, 2.75) is 6.54 Å². The standard InChI is InChI=1S/C10H9ClN2O/c11-7-1-2-8-6(5-12)3-10(14)13-9(8)4-7/h1-4H,5,12H2,(H,13,14). The SMILES string of the molecule is NCc1cc(=O)[nH]c2cc(Cl)ccc12. The number of rotatable bonds is 1. The maximum atomic E-state index is 11.2. The first kappa shape index (κ1) is 9.24. The molecule has 14 heavy (non-hydrogen) atoms. The molecule has 3 nitrogen and oxygen atoms in total. The highest BCUT2D eigenvalue weighted by Gasteiger charge is 2.01. The Hall–Kier alpha value is -1.32. The smallest absolute Gasteiger partial charge is 0.248 e. The lowest BCUT2D eigenvalue weighted by atomic mass is 10.1. The summed E-state index contributed by atoms with van der Waals surface area (Å²) in [6.45, 7) is 0.349. The molecule has 0 aliphatic rings. The Kier molecular flexibility index (Phi) is 2.27. The first-order chi connectivity index (χ1) is 6.70. The van der Waals surface area contributed by atoms with Gasteiger partial charge in [0.2, 0.25) is 5.56 Å². The van der Waals surface area contributed by atoms with E-state index in [1.807, 2.05) is 6.07 Å². The third-order valence-electron chi connectivity index (χ3n) is 2.11. The zero-order valence-corrected chi connectivity index (χ0v) is 8.14. The molecule has 72 valence electrons. The number of pyridine rings is 1. The predicted octanol–water partition coefficient (Wildman–Crippen LogP) is 1.64. The van der Waals surface area contributed by atoms with E-state index in [0.717, 1.165) is 16.5 Å². The van der Waals surface area contributed by atoms with Gasteiger partial charge in [0.05, 0.1) is 5.52 Å². The van der Waals surface area contributed by atoms with Gasteiger partial charge in [0.25, 0.3) is 0 Å². The molecule has 1 aromatic carbocycles. The van der Waals surface area contributed by atoms with E-state index >= 15 is 0 Å². The third-order valence-corrected chi connectivity index (χ3v) is 2.35. The summed E-state index contributed by atoms with van der Waals surface area (Å²) < 4.78 is 0. The predicted molar refractivity (Wildman–Crippen MR) is 57.5 cm³/mol. The van der Waals surface area contributed by atoms with E-state index in [9.17, 15) is 4.79 Å². The van der Waals surface area contributed by atoms with Crippen LogP contribution in [0.3, 0.4) is 0 Å². The molecule has 0 atom stereocenters. The van der Waals surface area contributed by atoms with Crippen LogP contribution in [-0.2, 0) is 6.54 Å². The molecule has 0 radical (unpaired) electrons. The number of hydrogen-bond acceptors (Lipinski definition) is 2. The van der Waals surface area contributed by atoms with E-state index in [2.05, 4.69) is 4.98 Å². The molecule has 1 aromatic heterocycles. The summed E-state index contributed by atoms with van der Waals surface area (Å²) in [5, 5.41) is 1.54. The van der Waals surface area contributed by atoms with Gasteiger partial charge in [0.1, 0.15) is 0 Å². The van der Waals surface area contributed by atoms with Crippen molar-refractivity contribution < 1.29 is 0 Å². The summed E-state index contributed by atoms with van der Waals surface area (Å²) >= 11 is 5.81. The minimum Gasteiger partial charge on any atom is -0.326 e. The molecule has 0 bridgehead atoms. The van der Waals surface area contributed by atoms with Gasteiger partial charge in [0, 0.05) is 23.0 Å². The van der Waals surface area contributed by atoms with Crippen LogP contribution in [0.25, 0.3) is 10.9 Å². The maximum Gasteiger partial charge on any atom is 0.248 e. The Labute approximate surface area is 85.5 Å². The molecule has 0 aliphatic carbocycles. The van der Waals surface area contributed by atoms with Gasteiger partial charge < -0.3 is 10.7 Å². The van der Waals surface area contributed by atoms with Crippen LogP contribution in [0, 0.1) is 0 Å². The Morgan fingerprint density at radius 3 is 2.86 bits per heavy atom. The topological polar surface area (TPSA) is 58.9 Å². The van der Waals surface area contributed by atoms with E-state index < -0.39 is 0 Å². The Bertz CT molecular complexity index is 533. The number of aromatic amines is 1. The molecule has 4 heteroatoms. The average molecular weight is 209 g/mol. The highest BCUT2D eigenvalue weighted by molar-refractivity contribution is 6.31. The number of hydrogen-bond donors (Lipinski definition) is 2. The van der Waals surface area contributed by atoms with Crippen LogP contribution in [0.4, 0.5) is 0 Å². The lowest BCUT2D eigenvalue weighted by molar-refractivity contribution is 1.07. The normalized spacial score (nSPS) is 10.7. The second kappa shape index (κ2) is 3.44. The Balaban J connectivity index is 2.87. The van der Waals surface area contributed by atoms with E-state index in [-0.39, 0.29) is 5.56 Å². The van der Waals surface area contributed by atoms with Crippen molar-refractivity contribution >= 4 is 22.5 Å². The van der Waals surface area contributed by atoms with Crippen molar-refractivity contribution in [1.29, 1.82) is 0 Å². The van der Waals surface area contributed by atoms with Crippen molar-refractivity contribution in [3.63, 3.8) is 0 Å². The quantitative estimate of drug-likeness (QED) is 0.749. The summed E-state index contributed by atoms with van der Waals surface area (Å²) in [7, 11) is 0. The van der Waals surface area contributed by atoms with Crippen molar-refractivity contribution in [3.8, 4) is 0 Å². The number of nitrogens with one attached hydrogen (secondary N) is 1. The summed E-state index contributed by atoms with van der Waals surface area (Å²) in [6.07, 6.45) is 0. The Morgan fingerprint density at radius 2 is 2.14 bits per heavy atom. The summed E-state index contributed by atoms with van der Waals surface area (Å²) in [5.74, 6) is 0. The van der Waals surface area contributed by atoms with Gasteiger partial charge in [-0.05, 0) is 17.7 Å². The Morgan fingerprint density at radius 1 is 1.36 bits per heavy atom. The molecule has 3 N–H and O–H groups in total. The largest absolute Gasteiger partial charge is 0.326 e. The molecule has 2 aromatic rings.